The number of rotatable bonds is 1. The van der Waals surface area contributed by atoms with Gasteiger partial charge in [-0.25, -0.2) is 0 Å². The van der Waals surface area contributed by atoms with Gasteiger partial charge in [-0.2, -0.15) is 0 Å². The highest BCUT2D eigenvalue weighted by molar-refractivity contribution is 5.98. The first-order chi connectivity index (χ1) is 9.36. The SMILES string of the molecule is CC.Cc1ccc2ccccc2c1-c1ccccc1. The zero-order valence-electron chi connectivity index (χ0n) is 11.9. The van der Waals surface area contributed by atoms with Crippen LogP contribution < -0.4 is 0 Å². The third-order valence-corrected chi connectivity index (χ3v) is 3.20. The van der Waals surface area contributed by atoms with Crippen molar-refractivity contribution in [2.45, 2.75) is 20.8 Å². The maximum absolute atomic E-state index is 2.20. The molecule has 3 aromatic carbocycles. The Kier molecular flexibility index (Phi) is 4.35. The molecule has 0 aliphatic heterocycles. The zero-order valence-corrected chi connectivity index (χ0v) is 11.9. The predicted molar refractivity (Wildman–Crippen MR) is 85.5 cm³/mol. The smallest absolute Gasteiger partial charge is 0.00761 e. The molecule has 0 aromatic heterocycles. The molecule has 0 aliphatic carbocycles. The number of aryl methyl sites for hydroxylation is 1. The molecule has 0 heterocycles. The number of hydrogen-bond acceptors (Lipinski definition) is 0. The van der Waals surface area contributed by atoms with Gasteiger partial charge in [0.15, 0.2) is 0 Å². The van der Waals surface area contributed by atoms with E-state index < -0.39 is 0 Å². The monoisotopic (exact) mass is 248 g/mol. The second-order valence-electron chi connectivity index (χ2n) is 4.34. The second-order valence-corrected chi connectivity index (χ2v) is 4.34. The van der Waals surface area contributed by atoms with Gasteiger partial charge in [-0.1, -0.05) is 80.6 Å². The molecule has 0 spiro atoms. The predicted octanol–water partition coefficient (Wildman–Crippen LogP) is 5.84. The van der Waals surface area contributed by atoms with E-state index >= 15 is 0 Å². The Balaban J connectivity index is 0.000000637. The van der Waals surface area contributed by atoms with Crippen LogP contribution in [0.2, 0.25) is 0 Å². The molecule has 96 valence electrons. The zero-order chi connectivity index (χ0) is 13.7. The van der Waals surface area contributed by atoms with Gasteiger partial charge in [-0.3, -0.25) is 0 Å². The third-order valence-electron chi connectivity index (χ3n) is 3.20. The van der Waals surface area contributed by atoms with Crippen molar-refractivity contribution < 1.29 is 0 Å². The van der Waals surface area contributed by atoms with Crippen molar-refractivity contribution in [1.82, 2.24) is 0 Å². The summed E-state index contributed by atoms with van der Waals surface area (Å²) in [5.74, 6) is 0. The molecule has 0 amide bonds. The Morgan fingerprint density at radius 2 is 1.26 bits per heavy atom. The first-order valence-corrected chi connectivity index (χ1v) is 6.90. The van der Waals surface area contributed by atoms with Crippen LogP contribution in [0.3, 0.4) is 0 Å². The summed E-state index contributed by atoms with van der Waals surface area (Å²) in [6.07, 6.45) is 0. The van der Waals surface area contributed by atoms with E-state index in [1.807, 2.05) is 13.8 Å². The van der Waals surface area contributed by atoms with Crippen LogP contribution in [0.4, 0.5) is 0 Å². The molecule has 3 aromatic rings. The van der Waals surface area contributed by atoms with Crippen LogP contribution in [0, 0.1) is 6.92 Å². The molecule has 0 unspecified atom stereocenters. The van der Waals surface area contributed by atoms with E-state index in [2.05, 4.69) is 73.7 Å². The first kappa shape index (κ1) is 13.4. The van der Waals surface area contributed by atoms with E-state index in [0.29, 0.717) is 0 Å². The summed E-state index contributed by atoms with van der Waals surface area (Å²) < 4.78 is 0. The van der Waals surface area contributed by atoms with Crippen molar-refractivity contribution in [2.24, 2.45) is 0 Å². The minimum absolute atomic E-state index is 1.29. The molecule has 19 heavy (non-hydrogen) atoms. The van der Waals surface area contributed by atoms with E-state index in [9.17, 15) is 0 Å². The normalized spacial score (nSPS) is 9.84. The molecule has 0 radical (unpaired) electrons. The van der Waals surface area contributed by atoms with Crippen LogP contribution in [-0.2, 0) is 0 Å². The molecule has 3 rings (SSSR count). The first-order valence-electron chi connectivity index (χ1n) is 6.90. The Morgan fingerprint density at radius 1 is 0.632 bits per heavy atom. The number of fused-ring (bicyclic) bond motifs is 1. The summed E-state index contributed by atoms with van der Waals surface area (Å²) in [5.41, 5.74) is 3.97. The van der Waals surface area contributed by atoms with Gasteiger partial charge in [0, 0.05) is 0 Å². The number of benzene rings is 3. The molecule has 0 bridgehead atoms. The molecule has 0 nitrogen and oxygen atoms in total. The standard InChI is InChI=1S/C17H14.C2H6/c1-13-11-12-14-7-5-6-10-16(14)17(13)15-8-3-2-4-9-15;1-2/h2-12H,1H3;1-2H3. The summed E-state index contributed by atoms with van der Waals surface area (Å²) in [7, 11) is 0. The molecule has 0 saturated carbocycles. The van der Waals surface area contributed by atoms with Crippen molar-refractivity contribution >= 4 is 10.8 Å². The Bertz CT molecular complexity index is 651. The number of hydrogen-bond donors (Lipinski definition) is 0. The maximum atomic E-state index is 2.20. The Labute approximate surface area is 115 Å². The van der Waals surface area contributed by atoms with Crippen molar-refractivity contribution in [1.29, 1.82) is 0 Å². The summed E-state index contributed by atoms with van der Waals surface area (Å²) in [5, 5.41) is 2.63. The fraction of sp³-hybridized carbons (Fsp3) is 0.158. The van der Waals surface area contributed by atoms with Crippen molar-refractivity contribution in [2.75, 3.05) is 0 Å². The highest BCUT2D eigenvalue weighted by Gasteiger charge is 2.05. The Morgan fingerprint density at radius 3 is 2.00 bits per heavy atom. The Hall–Kier alpha value is -2.08. The lowest BCUT2D eigenvalue weighted by Gasteiger charge is -2.10. The van der Waals surface area contributed by atoms with E-state index in [4.69, 9.17) is 0 Å². The van der Waals surface area contributed by atoms with Gasteiger partial charge in [-0.05, 0) is 34.4 Å². The maximum Gasteiger partial charge on any atom is -0.00761 e. The highest BCUT2D eigenvalue weighted by Crippen LogP contribution is 2.31. The van der Waals surface area contributed by atoms with Crippen molar-refractivity contribution in [3.8, 4) is 11.1 Å². The fourth-order valence-electron chi connectivity index (χ4n) is 2.37. The van der Waals surface area contributed by atoms with Gasteiger partial charge in [0.1, 0.15) is 0 Å². The summed E-state index contributed by atoms with van der Waals surface area (Å²) in [6, 6.07) is 23.6. The largest absolute Gasteiger partial charge is 0.0683 e. The van der Waals surface area contributed by atoms with Crippen LogP contribution in [-0.4, -0.2) is 0 Å². The average molecular weight is 248 g/mol. The summed E-state index contributed by atoms with van der Waals surface area (Å²) in [4.78, 5) is 0. The lowest BCUT2D eigenvalue weighted by Crippen LogP contribution is -1.85. The van der Waals surface area contributed by atoms with Crippen LogP contribution >= 0.6 is 0 Å². The van der Waals surface area contributed by atoms with Crippen LogP contribution in [0.25, 0.3) is 21.9 Å². The van der Waals surface area contributed by atoms with Crippen LogP contribution in [0.15, 0.2) is 66.7 Å². The van der Waals surface area contributed by atoms with E-state index in [-0.39, 0.29) is 0 Å². The molecule has 0 heteroatoms. The van der Waals surface area contributed by atoms with Gasteiger partial charge in [-0.15, -0.1) is 0 Å². The third kappa shape index (κ3) is 2.68. The molecule has 0 N–H and O–H groups in total. The minimum atomic E-state index is 1.29. The van der Waals surface area contributed by atoms with Crippen molar-refractivity contribution in [3.05, 3.63) is 72.3 Å². The van der Waals surface area contributed by atoms with Gasteiger partial charge in [0.05, 0.1) is 0 Å². The fourth-order valence-corrected chi connectivity index (χ4v) is 2.37. The second kappa shape index (κ2) is 6.19. The quantitative estimate of drug-likeness (QED) is 0.507. The molecule has 0 fully saturated rings. The summed E-state index contributed by atoms with van der Waals surface area (Å²) >= 11 is 0. The van der Waals surface area contributed by atoms with Gasteiger partial charge < -0.3 is 0 Å². The molecule has 0 saturated heterocycles. The van der Waals surface area contributed by atoms with Gasteiger partial charge in [0.2, 0.25) is 0 Å². The molecule has 0 atom stereocenters. The lowest BCUT2D eigenvalue weighted by atomic mass is 9.94. The van der Waals surface area contributed by atoms with E-state index in [0.717, 1.165) is 0 Å². The highest BCUT2D eigenvalue weighted by atomic mass is 14.1. The minimum Gasteiger partial charge on any atom is -0.0683 e. The van der Waals surface area contributed by atoms with Crippen LogP contribution in [0.5, 0.6) is 0 Å². The van der Waals surface area contributed by atoms with Gasteiger partial charge in [0.25, 0.3) is 0 Å². The van der Waals surface area contributed by atoms with Gasteiger partial charge >= 0.3 is 0 Å². The molecular weight excluding hydrogens is 228 g/mol. The molecular formula is C19H20. The summed E-state index contributed by atoms with van der Waals surface area (Å²) in [6.45, 7) is 6.18. The topological polar surface area (TPSA) is 0 Å². The molecule has 0 aliphatic rings. The van der Waals surface area contributed by atoms with E-state index in [1.165, 1.54) is 27.5 Å². The van der Waals surface area contributed by atoms with Crippen molar-refractivity contribution in [3.63, 3.8) is 0 Å². The average Bonchev–Trinajstić information content (AvgIpc) is 2.50. The lowest BCUT2D eigenvalue weighted by molar-refractivity contribution is 1.49. The van der Waals surface area contributed by atoms with Crippen LogP contribution in [0.1, 0.15) is 19.4 Å². The van der Waals surface area contributed by atoms with E-state index in [1.54, 1.807) is 0 Å².